The van der Waals surface area contributed by atoms with E-state index in [0.29, 0.717) is 17.5 Å². The molecule has 0 bridgehead atoms. The van der Waals surface area contributed by atoms with Gasteiger partial charge in [0.1, 0.15) is 5.75 Å². The third kappa shape index (κ3) is 5.28. The lowest BCUT2D eigenvalue weighted by atomic mass is 10.1. The summed E-state index contributed by atoms with van der Waals surface area (Å²) in [5.41, 5.74) is 6.94. The molecule has 1 atom stereocenters. The van der Waals surface area contributed by atoms with Crippen LogP contribution in [0.1, 0.15) is 39.2 Å². The maximum atomic E-state index is 6.19. The number of rotatable bonds is 7. The minimum atomic E-state index is 0.112. The van der Waals surface area contributed by atoms with E-state index in [1.54, 1.807) is 0 Å². The molecular weight excluding hydrogens is 246 g/mol. The lowest BCUT2D eigenvalue weighted by Crippen LogP contribution is -2.18. The molecule has 1 aromatic carbocycles. The van der Waals surface area contributed by atoms with Gasteiger partial charge in [-0.05, 0) is 43.7 Å². The van der Waals surface area contributed by atoms with Gasteiger partial charge in [-0.3, -0.25) is 0 Å². The molecule has 1 aromatic rings. The molecule has 0 spiro atoms. The van der Waals surface area contributed by atoms with Crippen molar-refractivity contribution >= 4 is 11.6 Å². The second-order valence-corrected chi connectivity index (χ2v) is 5.70. The van der Waals surface area contributed by atoms with E-state index in [4.69, 9.17) is 22.1 Å². The first-order valence-corrected chi connectivity index (χ1v) is 7.04. The predicted octanol–water partition coefficient (Wildman–Crippen LogP) is 4.04. The van der Waals surface area contributed by atoms with Crippen LogP contribution in [0.3, 0.4) is 0 Å². The molecule has 0 aromatic heterocycles. The van der Waals surface area contributed by atoms with E-state index in [0.717, 1.165) is 24.2 Å². The van der Waals surface area contributed by atoms with Gasteiger partial charge in [0.25, 0.3) is 0 Å². The maximum absolute atomic E-state index is 6.19. The summed E-state index contributed by atoms with van der Waals surface area (Å²) in [5, 5.41) is 0.678. The second-order valence-electron chi connectivity index (χ2n) is 5.29. The highest BCUT2D eigenvalue weighted by Gasteiger charge is 2.10. The van der Waals surface area contributed by atoms with Crippen LogP contribution in [0.2, 0.25) is 5.02 Å². The fourth-order valence-corrected chi connectivity index (χ4v) is 2.14. The van der Waals surface area contributed by atoms with Crippen LogP contribution in [-0.4, -0.2) is 12.6 Å². The van der Waals surface area contributed by atoms with Crippen LogP contribution < -0.4 is 10.5 Å². The smallest absolute Gasteiger partial charge is 0.141 e. The van der Waals surface area contributed by atoms with Crippen molar-refractivity contribution in [3.05, 3.63) is 28.8 Å². The fourth-order valence-electron chi connectivity index (χ4n) is 1.89. The summed E-state index contributed by atoms with van der Waals surface area (Å²) in [6, 6.07) is 5.96. The molecule has 0 aliphatic rings. The second kappa shape index (κ2) is 7.65. The monoisotopic (exact) mass is 269 g/mol. The number of halogens is 1. The lowest BCUT2D eigenvalue weighted by Gasteiger charge is -2.15. The Morgan fingerprint density at radius 1 is 1.28 bits per heavy atom. The fraction of sp³-hybridized carbons (Fsp3) is 0.600. The van der Waals surface area contributed by atoms with Crippen molar-refractivity contribution < 1.29 is 4.74 Å². The third-order valence-electron chi connectivity index (χ3n) is 2.76. The molecule has 1 rings (SSSR count). The molecule has 0 aliphatic carbocycles. The van der Waals surface area contributed by atoms with Crippen LogP contribution in [0.15, 0.2) is 18.2 Å². The third-order valence-corrected chi connectivity index (χ3v) is 3.06. The first kappa shape index (κ1) is 15.3. The van der Waals surface area contributed by atoms with Crippen molar-refractivity contribution in [1.29, 1.82) is 0 Å². The van der Waals surface area contributed by atoms with E-state index in [-0.39, 0.29) is 6.04 Å². The number of ether oxygens (including phenoxy) is 1. The molecule has 0 fully saturated rings. The summed E-state index contributed by atoms with van der Waals surface area (Å²) in [5.74, 6) is 1.52. The van der Waals surface area contributed by atoms with E-state index in [2.05, 4.69) is 13.8 Å². The van der Waals surface area contributed by atoms with Crippen molar-refractivity contribution in [2.75, 3.05) is 6.61 Å². The van der Waals surface area contributed by atoms with Gasteiger partial charge in [-0.25, -0.2) is 0 Å². The summed E-state index contributed by atoms with van der Waals surface area (Å²) >= 11 is 6.19. The first-order valence-electron chi connectivity index (χ1n) is 6.66. The van der Waals surface area contributed by atoms with Crippen LogP contribution in [-0.2, 0) is 6.42 Å². The van der Waals surface area contributed by atoms with E-state index < -0.39 is 0 Å². The van der Waals surface area contributed by atoms with Gasteiger partial charge in [-0.1, -0.05) is 37.6 Å². The Kier molecular flexibility index (Phi) is 6.51. The van der Waals surface area contributed by atoms with Crippen molar-refractivity contribution in [1.82, 2.24) is 0 Å². The normalized spacial score (nSPS) is 12.8. The molecule has 0 radical (unpaired) electrons. The standard InChI is InChI=1S/C15H24ClNO/c1-11(2)6-5-9-18-15-13(10-12(3)17)7-4-8-14(15)16/h4,7-8,11-12H,5-6,9-10,17H2,1-3H3. The molecule has 0 amide bonds. The minimum absolute atomic E-state index is 0.112. The highest BCUT2D eigenvalue weighted by Crippen LogP contribution is 2.29. The molecule has 0 heterocycles. The van der Waals surface area contributed by atoms with Crippen molar-refractivity contribution in [2.45, 2.75) is 46.1 Å². The molecule has 0 aliphatic heterocycles. The Hall–Kier alpha value is -0.730. The van der Waals surface area contributed by atoms with Gasteiger partial charge in [0.2, 0.25) is 0 Å². The van der Waals surface area contributed by atoms with Crippen LogP contribution in [0.4, 0.5) is 0 Å². The summed E-state index contributed by atoms with van der Waals surface area (Å²) in [6.45, 7) is 7.14. The largest absolute Gasteiger partial charge is 0.492 e. The minimum Gasteiger partial charge on any atom is -0.492 e. The van der Waals surface area contributed by atoms with E-state index >= 15 is 0 Å². The van der Waals surface area contributed by atoms with Gasteiger partial charge in [0, 0.05) is 6.04 Å². The molecule has 0 saturated carbocycles. The molecule has 18 heavy (non-hydrogen) atoms. The molecule has 0 saturated heterocycles. The molecule has 2 N–H and O–H groups in total. The number of para-hydroxylation sites is 1. The van der Waals surface area contributed by atoms with Gasteiger partial charge in [0.05, 0.1) is 11.6 Å². The number of hydrogen-bond acceptors (Lipinski definition) is 2. The molecule has 2 nitrogen and oxygen atoms in total. The van der Waals surface area contributed by atoms with E-state index in [9.17, 15) is 0 Å². The Morgan fingerprint density at radius 3 is 2.61 bits per heavy atom. The summed E-state index contributed by atoms with van der Waals surface area (Å²) in [6.07, 6.45) is 3.02. The van der Waals surface area contributed by atoms with Gasteiger partial charge >= 0.3 is 0 Å². The summed E-state index contributed by atoms with van der Waals surface area (Å²) in [7, 11) is 0. The highest BCUT2D eigenvalue weighted by molar-refractivity contribution is 6.32. The van der Waals surface area contributed by atoms with Crippen LogP contribution in [0.5, 0.6) is 5.75 Å². The molecular formula is C15H24ClNO. The number of hydrogen-bond donors (Lipinski definition) is 1. The zero-order valence-corrected chi connectivity index (χ0v) is 12.3. The summed E-state index contributed by atoms with van der Waals surface area (Å²) in [4.78, 5) is 0. The Bertz CT molecular complexity index is 364. The molecule has 1 unspecified atom stereocenters. The molecule has 102 valence electrons. The quantitative estimate of drug-likeness (QED) is 0.758. The van der Waals surface area contributed by atoms with Gasteiger partial charge in [0.15, 0.2) is 0 Å². The van der Waals surface area contributed by atoms with Gasteiger partial charge < -0.3 is 10.5 Å². The Labute approximate surface area is 115 Å². The van der Waals surface area contributed by atoms with Crippen LogP contribution >= 0.6 is 11.6 Å². The summed E-state index contributed by atoms with van der Waals surface area (Å²) < 4.78 is 5.83. The lowest BCUT2D eigenvalue weighted by molar-refractivity contribution is 0.294. The van der Waals surface area contributed by atoms with E-state index in [1.807, 2.05) is 25.1 Å². The van der Waals surface area contributed by atoms with E-state index in [1.165, 1.54) is 6.42 Å². The number of benzene rings is 1. The van der Waals surface area contributed by atoms with Crippen LogP contribution in [0.25, 0.3) is 0 Å². The predicted molar refractivity (Wildman–Crippen MR) is 78.4 cm³/mol. The Balaban J connectivity index is 2.62. The zero-order valence-electron chi connectivity index (χ0n) is 11.6. The average Bonchev–Trinajstić information content (AvgIpc) is 2.26. The van der Waals surface area contributed by atoms with Gasteiger partial charge in [-0.2, -0.15) is 0 Å². The van der Waals surface area contributed by atoms with Crippen molar-refractivity contribution in [2.24, 2.45) is 11.7 Å². The highest BCUT2D eigenvalue weighted by atomic mass is 35.5. The zero-order chi connectivity index (χ0) is 13.5. The Morgan fingerprint density at radius 2 is 2.00 bits per heavy atom. The van der Waals surface area contributed by atoms with Crippen molar-refractivity contribution in [3.8, 4) is 5.75 Å². The van der Waals surface area contributed by atoms with Crippen LogP contribution in [0, 0.1) is 5.92 Å². The average molecular weight is 270 g/mol. The topological polar surface area (TPSA) is 35.2 Å². The number of nitrogens with two attached hydrogens (primary N) is 1. The van der Waals surface area contributed by atoms with Gasteiger partial charge in [-0.15, -0.1) is 0 Å². The first-order chi connectivity index (χ1) is 8.50. The SMILES string of the molecule is CC(C)CCCOc1c(Cl)cccc1CC(C)N. The van der Waals surface area contributed by atoms with Crippen molar-refractivity contribution in [3.63, 3.8) is 0 Å². The molecule has 3 heteroatoms. The maximum Gasteiger partial charge on any atom is 0.141 e.